The summed E-state index contributed by atoms with van der Waals surface area (Å²) in [5.74, 6) is 0.288. The summed E-state index contributed by atoms with van der Waals surface area (Å²) in [5, 5.41) is 8.14. The van der Waals surface area contributed by atoms with Crippen molar-refractivity contribution in [2.24, 2.45) is 5.92 Å². The maximum Gasteiger partial charge on any atom is 0.223 e. The Hall–Kier alpha value is -3.41. The molecule has 2 aromatic heterocycles. The topological polar surface area (TPSA) is 53.9 Å². The summed E-state index contributed by atoms with van der Waals surface area (Å²) in [6, 6.07) is 15.7. The van der Waals surface area contributed by atoms with E-state index in [0.29, 0.717) is 24.3 Å². The Morgan fingerprint density at radius 1 is 1.18 bits per heavy atom. The van der Waals surface area contributed by atoms with E-state index in [-0.39, 0.29) is 17.8 Å². The third-order valence-corrected chi connectivity index (χ3v) is 6.93. The van der Waals surface area contributed by atoms with Crippen molar-refractivity contribution in [3.63, 3.8) is 0 Å². The van der Waals surface area contributed by atoms with Gasteiger partial charge >= 0.3 is 0 Å². The summed E-state index contributed by atoms with van der Waals surface area (Å²) >= 11 is 0. The lowest BCUT2D eigenvalue weighted by molar-refractivity contribution is -0.131. The highest BCUT2D eigenvalue weighted by atomic mass is 19.1. The molecule has 0 aliphatic carbocycles. The Labute approximate surface area is 193 Å². The molecule has 6 heteroatoms. The molecule has 5 rings (SSSR count). The molecule has 1 N–H and O–H groups in total. The van der Waals surface area contributed by atoms with Crippen molar-refractivity contribution >= 4 is 16.8 Å². The minimum absolute atomic E-state index is 0.118. The lowest BCUT2D eigenvalue weighted by atomic mass is 10.1. The Bertz CT molecular complexity index is 1280. The van der Waals surface area contributed by atoms with E-state index in [2.05, 4.69) is 52.9 Å². The standard InChI is InChI=1S/C27H29FN4O/c1-18-11-20(17-32(18)27(33)10-8-21-5-3-4-6-25(21)28)16-31-19(2)12-23-13-22(7-9-26(23)31)24-14-29-30-15-24/h3-7,9,12-15,18,20H,8,10-11,16-17H2,1-2H3,(H,29,30). The van der Waals surface area contributed by atoms with Crippen LogP contribution in [0.5, 0.6) is 0 Å². The summed E-state index contributed by atoms with van der Waals surface area (Å²) in [6.45, 7) is 5.91. The first-order valence-corrected chi connectivity index (χ1v) is 11.6. The van der Waals surface area contributed by atoms with Gasteiger partial charge in [-0.2, -0.15) is 5.10 Å². The molecule has 2 aromatic carbocycles. The SMILES string of the molecule is Cc1cc2cc(-c3cn[nH]c3)ccc2n1CC1CC(C)N(C(=O)CCc2ccccc2F)C1. The third-order valence-electron chi connectivity index (χ3n) is 6.93. The largest absolute Gasteiger partial charge is 0.345 e. The molecule has 1 amide bonds. The van der Waals surface area contributed by atoms with Crippen LogP contribution >= 0.6 is 0 Å². The number of aryl methyl sites for hydroxylation is 2. The van der Waals surface area contributed by atoms with Gasteiger partial charge in [0.05, 0.1) is 6.20 Å². The van der Waals surface area contributed by atoms with Gasteiger partial charge in [-0.1, -0.05) is 24.3 Å². The van der Waals surface area contributed by atoms with E-state index in [0.717, 1.165) is 30.6 Å². The molecule has 4 aromatic rings. The second-order valence-electron chi connectivity index (χ2n) is 9.25. The molecule has 0 bridgehead atoms. The summed E-state index contributed by atoms with van der Waals surface area (Å²) < 4.78 is 16.3. The monoisotopic (exact) mass is 444 g/mol. The van der Waals surface area contributed by atoms with Crippen LogP contribution in [0.4, 0.5) is 4.39 Å². The molecule has 0 saturated carbocycles. The minimum Gasteiger partial charge on any atom is -0.345 e. The number of benzene rings is 2. The van der Waals surface area contributed by atoms with Crippen molar-refractivity contribution in [1.82, 2.24) is 19.7 Å². The molecular weight excluding hydrogens is 415 g/mol. The number of nitrogens with one attached hydrogen (secondary N) is 1. The van der Waals surface area contributed by atoms with Gasteiger partial charge < -0.3 is 9.47 Å². The van der Waals surface area contributed by atoms with Crippen molar-refractivity contribution in [3.8, 4) is 11.1 Å². The van der Waals surface area contributed by atoms with Gasteiger partial charge in [0.2, 0.25) is 5.91 Å². The average molecular weight is 445 g/mol. The van der Waals surface area contributed by atoms with E-state index >= 15 is 0 Å². The van der Waals surface area contributed by atoms with Crippen LogP contribution in [0.2, 0.25) is 0 Å². The van der Waals surface area contributed by atoms with Crippen LogP contribution in [-0.4, -0.2) is 38.2 Å². The number of amides is 1. The molecule has 2 unspecified atom stereocenters. The lowest BCUT2D eigenvalue weighted by Crippen LogP contribution is -2.34. The van der Waals surface area contributed by atoms with Gasteiger partial charge in [-0.15, -0.1) is 0 Å². The zero-order chi connectivity index (χ0) is 22.9. The smallest absolute Gasteiger partial charge is 0.223 e. The molecule has 33 heavy (non-hydrogen) atoms. The van der Waals surface area contributed by atoms with Crippen LogP contribution in [0.25, 0.3) is 22.0 Å². The van der Waals surface area contributed by atoms with E-state index < -0.39 is 0 Å². The molecule has 1 aliphatic heterocycles. The highest BCUT2D eigenvalue weighted by Gasteiger charge is 2.32. The normalized spacial score (nSPS) is 18.3. The van der Waals surface area contributed by atoms with E-state index in [1.54, 1.807) is 12.1 Å². The number of fused-ring (bicyclic) bond motifs is 1. The highest BCUT2D eigenvalue weighted by molar-refractivity contribution is 5.86. The first kappa shape index (κ1) is 21.4. The van der Waals surface area contributed by atoms with Crippen molar-refractivity contribution in [3.05, 3.63) is 78.0 Å². The van der Waals surface area contributed by atoms with Gasteiger partial charge in [0, 0.05) is 53.9 Å². The number of aromatic nitrogens is 3. The Kier molecular flexibility index (Phi) is 5.75. The zero-order valence-electron chi connectivity index (χ0n) is 19.1. The Morgan fingerprint density at radius 3 is 2.82 bits per heavy atom. The van der Waals surface area contributed by atoms with Gasteiger partial charge in [0.25, 0.3) is 0 Å². The van der Waals surface area contributed by atoms with Crippen molar-refractivity contribution in [2.45, 2.75) is 45.7 Å². The molecule has 0 radical (unpaired) electrons. The third kappa shape index (κ3) is 4.30. The van der Waals surface area contributed by atoms with Crippen LogP contribution in [0.1, 0.15) is 31.0 Å². The van der Waals surface area contributed by atoms with Crippen molar-refractivity contribution in [1.29, 1.82) is 0 Å². The van der Waals surface area contributed by atoms with Gasteiger partial charge in [0.1, 0.15) is 5.82 Å². The number of rotatable bonds is 6. The molecule has 1 aliphatic rings. The van der Waals surface area contributed by atoms with Gasteiger partial charge in [-0.3, -0.25) is 9.89 Å². The first-order valence-electron chi connectivity index (χ1n) is 11.6. The molecule has 170 valence electrons. The van der Waals surface area contributed by atoms with Crippen molar-refractivity contribution < 1.29 is 9.18 Å². The molecule has 3 heterocycles. The van der Waals surface area contributed by atoms with Gasteiger partial charge in [0.15, 0.2) is 0 Å². The van der Waals surface area contributed by atoms with Crippen molar-refractivity contribution in [2.75, 3.05) is 6.54 Å². The number of nitrogens with zero attached hydrogens (tertiary/aromatic N) is 3. The molecular formula is C27H29FN4O. The second kappa shape index (κ2) is 8.85. The van der Waals surface area contributed by atoms with Crippen LogP contribution in [-0.2, 0) is 17.8 Å². The fraction of sp³-hybridized carbons (Fsp3) is 0.333. The molecule has 5 nitrogen and oxygen atoms in total. The second-order valence-corrected chi connectivity index (χ2v) is 9.25. The summed E-state index contributed by atoms with van der Waals surface area (Å²) in [6.07, 6.45) is 5.52. The number of carbonyl (C=O) groups excluding carboxylic acids is 1. The molecule has 2 atom stereocenters. The van der Waals surface area contributed by atoms with Gasteiger partial charge in [-0.25, -0.2) is 4.39 Å². The van der Waals surface area contributed by atoms with Crippen LogP contribution < -0.4 is 0 Å². The number of likely N-dealkylation sites (tertiary alicyclic amines) is 1. The molecule has 1 fully saturated rings. The lowest BCUT2D eigenvalue weighted by Gasteiger charge is -2.22. The molecule has 1 saturated heterocycles. The van der Waals surface area contributed by atoms with E-state index in [1.165, 1.54) is 22.7 Å². The highest BCUT2D eigenvalue weighted by Crippen LogP contribution is 2.30. The van der Waals surface area contributed by atoms with E-state index in [9.17, 15) is 9.18 Å². The predicted octanol–water partition coefficient (Wildman–Crippen LogP) is 5.35. The number of hydrogen-bond acceptors (Lipinski definition) is 2. The predicted molar refractivity (Wildman–Crippen MR) is 128 cm³/mol. The van der Waals surface area contributed by atoms with Crippen LogP contribution in [0.15, 0.2) is 60.9 Å². The number of hydrogen-bond donors (Lipinski definition) is 1. The van der Waals surface area contributed by atoms with E-state index in [1.807, 2.05) is 23.4 Å². The Morgan fingerprint density at radius 2 is 2.03 bits per heavy atom. The molecule has 0 spiro atoms. The zero-order valence-corrected chi connectivity index (χ0v) is 19.1. The minimum atomic E-state index is -0.233. The summed E-state index contributed by atoms with van der Waals surface area (Å²) in [4.78, 5) is 14.9. The first-order chi connectivity index (χ1) is 16.0. The van der Waals surface area contributed by atoms with Crippen LogP contribution in [0, 0.1) is 18.7 Å². The maximum absolute atomic E-state index is 13.9. The number of aromatic amines is 1. The number of carbonyl (C=O) groups is 1. The fourth-order valence-electron chi connectivity index (χ4n) is 5.21. The summed E-state index contributed by atoms with van der Waals surface area (Å²) in [7, 11) is 0. The fourth-order valence-corrected chi connectivity index (χ4v) is 5.21. The average Bonchev–Trinajstić information content (AvgIpc) is 3.53. The van der Waals surface area contributed by atoms with E-state index in [4.69, 9.17) is 0 Å². The Balaban J connectivity index is 1.27. The quantitative estimate of drug-likeness (QED) is 0.436. The summed E-state index contributed by atoms with van der Waals surface area (Å²) in [5.41, 5.74) is 5.28. The number of halogens is 1. The maximum atomic E-state index is 13.9. The van der Waals surface area contributed by atoms with Crippen LogP contribution in [0.3, 0.4) is 0 Å². The van der Waals surface area contributed by atoms with Gasteiger partial charge in [-0.05, 0) is 68.0 Å². The number of H-pyrrole nitrogens is 1.